The van der Waals surface area contributed by atoms with Crippen molar-refractivity contribution in [3.63, 3.8) is 0 Å². The zero-order valence-electron chi connectivity index (χ0n) is 12.9. The maximum Gasteiger partial charge on any atom is 0.258 e. The Balaban J connectivity index is 1.54. The van der Waals surface area contributed by atoms with E-state index >= 15 is 0 Å². The van der Waals surface area contributed by atoms with Gasteiger partial charge in [0.25, 0.3) is 5.17 Å². The molecule has 3 rings (SSSR count). The van der Waals surface area contributed by atoms with Crippen molar-refractivity contribution in [1.82, 2.24) is 5.32 Å². The average Bonchev–Trinajstić information content (AvgIpc) is 2.94. The van der Waals surface area contributed by atoms with E-state index in [0.717, 1.165) is 37.8 Å². The Labute approximate surface area is 134 Å². The van der Waals surface area contributed by atoms with E-state index in [-0.39, 0.29) is 11.5 Å². The molecule has 3 aliphatic rings. The number of aliphatic hydroxyl groups excluding tert-OH is 2. The van der Waals surface area contributed by atoms with Gasteiger partial charge >= 0.3 is 0 Å². The first kappa shape index (κ1) is 16.6. The molecule has 0 aromatic heterocycles. The number of aliphatic hydroxyl groups is 2. The van der Waals surface area contributed by atoms with Crippen LogP contribution in [0.25, 0.3) is 0 Å². The summed E-state index contributed by atoms with van der Waals surface area (Å²) in [4.78, 5) is 4.47. The quantitative estimate of drug-likeness (QED) is 0.488. The molecule has 0 amide bonds. The summed E-state index contributed by atoms with van der Waals surface area (Å²) >= 11 is 1.54. The predicted molar refractivity (Wildman–Crippen MR) is 83.8 cm³/mol. The lowest BCUT2D eigenvalue weighted by molar-refractivity contribution is -0.530. The van der Waals surface area contributed by atoms with Gasteiger partial charge in [0.1, 0.15) is 29.8 Å². The third kappa shape index (κ3) is 3.64. The number of thioether (sulfide) groups is 1. The molecule has 3 heterocycles. The number of amidine groups is 1. The van der Waals surface area contributed by atoms with Gasteiger partial charge in [0.05, 0.1) is 6.54 Å². The number of ether oxygens (including phenoxy) is 2. The van der Waals surface area contributed by atoms with Crippen molar-refractivity contribution < 1.29 is 25.0 Å². The van der Waals surface area contributed by atoms with Gasteiger partial charge in [-0.05, 0) is 31.5 Å². The fourth-order valence-electron chi connectivity index (χ4n) is 3.08. The summed E-state index contributed by atoms with van der Waals surface area (Å²) in [6.45, 7) is 5.05. The van der Waals surface area contributed by atoms with Gasteiger partial charge in [0.15, 0.2) is 0 Å². The highest BCUT2D eigenvalue weighted by Crippen LogP contribution is 2.34. The van der Waals surface area contributed by atoms with Gasteiger partial charge in [-0.15, -0.1) is 0 Å². The molecule has 0 unspecified atom stereocenters. The Morgan fingerprint density at radius 1 is 1.32 bits per heavy atom. The predicted octanol–water partition coefficient (Wildman–Crippen LogP) is -1.74. The molecule has 0 bridgehead atoms. The smallest absolute Gasteiger partial charge is 0.258 e. The van der Waals surface area contributed by atoms with Crippen LogP contribution in [0.1, 0.15) is 19.8 Å². The molecule has 0 radical (unpaired) electrons. The molecule has 5 atom stereocenters. The van der Waals surface area contributed by atoms with Gasteiger partial charge < -0.3 is 25.0 Å². The first-order valence-electron chi connectivity index (χ1n) is 8.09. The van der Waals surface area contributed by atoms with Gasteiger partial charge in [0, 0.05) is 25.8 Å². The van der Waals surface area contributed by atoms with Crippen LogP contribution in [0.3, 0.4) is 0 Å². The summed E-state index contributed by atoms with van der Waals surface area (Å²) < 4.78 is 11.3. The number of hydrogen-bond donors (Lipinski definition) is 4. The number of rotatable bonds is 4. The van der Waals surface area contributed by atoms with Crippen LogP contribution in [-0.4, -0.2) is 77.5 Å². The van der Waals surface area contributed by atoms with Crippen LogP contribution in [0.2, 0.25) is 0 Å². The second-order valence-electron chi connectivity index (χ2n) is 6.01. The molecule has 0 aromatic carbocycles. The lowest BCUT2D eigenvalue weighted by atomic mass is 9.97. The Hall–Kier alpha value is -0.220. The molecular formula is C14H26N3O4S+. The molecule has 22 heavy (non-hydrogen) atoms. The highest BCUT2D eigenvalue weighted by molar-refractivity contribution is 8.14. The minimum absolute atomic E-state index is 0.197. The molecule has 126 valence electrons. The van der Waals surface area contributed by atoms with Crippen LogP contribution < -0.4 is 10.6 Å². The highest BCUT2D eigenvalue weighted by atomic mass is 32.2. The van der Waals surface area contributed by atoms with E-state index in [1.807, 2.05) is 5.32 Å². The van der Waals surface area contributed by atoms with E-state index in [9.17, 15) is 10.2 Å². The maximum absolute atomic E-state index is 10.3. The third-order valence-electron chi connectivity index (χ3n) is 4.39. The molecule has 2 fully saturated rings. The van der Waals surface area contributed by atoms with Crippen LogP contribution in [0.4, 0.5) is 0 Å². The summed E-state index contributed by atoms with van der Waals surface area (Å²) in [6, 6.07) is 0.0352. The Kier molecular flexibility index (Phi) is 5.72. The van der Waals surface area contributed by atoms with E-state index in [2.05, 4.69) is 17.2 Å². The fourth-order valence-corrected chi connectivity index (χ4v) is 4.32. The molecule has 2 saturated heterocycles. The van der Waals surface area contributed by atoms with Gasteiger partial charge in [0.2, 0.25) is 0 Å². The van der Waals surface area contributed by atoms with Crippen molar-refractivity contribution >= 4 is 16.9 Å². The van der Waals surface area contributed by atoms with Crippen LogP contribution >= 0.6 is 11.8 Å². The topological polar surface area (TPSA) is 99.9 Å². The monoisotopic (exact) mass is 332 g/mol. The first-order valence-corrected chi connectivity index (χ1v) is 8.97. The highest BCUT2D eigenvalue weighted by Gasteiger charge is 2.49. The Bertz CT molecular complexity index is 406. The number of aliphatic imine (C=N–C) groups is 1. The van der Waals surface area contributed by atoms with Gasteiger partial charge in [-0.2, -0.15) is 0 Å². The Morgan fingerprint density at radius 2 is 2.09 bits per heavy atom. The van der Waals surface area contributed by atoms with Crippen molar-refractivity contribution in [3.8, 4) is 0 Å². The molecule has 0 spiro atoms. The van der Waals surface area contributed by atoms with Gasteiger partial charge in [-0.3, -0.25) is 5.32 Å². The Morgan fingerprint density at radius 3 is 2.82 bits per heavy atom. The van der Waals surface area contributed by atoms with E-state index in [1.165, 1.54) is 0 Å². The number of quaternary nitrogens is 1. The van der Waals surface area contributed by atoms with E-state index < -0.39 is 18.3 Å². The van der Waals surface area contributed by atoms with Crippen LogP contribution in [0, 0.1) is 0 Å². The third-order valence-corrected chi connectivity index (χ3v) is 5.53. The normalized spacial score (nSPS) is 39.6. The maximum atomic E-state index is 10.3. The van der Waals surface area contributed by atoms with Crippen LogP contribution in [-0.2, 0) is 9.47 Å². The lowest BCUT2D eigenvalue weighted by Gasteiger charge is -2.38. The molecular weight excluding hydrogens is 306 g/mol. The standard InChI is InChI=1S/C14H25N3O4S/c1-2-15-14-17-10-12(19)11(18)9(21-13(10)22-14)7-16-8-3-5-20-6-4-8/h8-13,16,18-19H,2-7H2,1H3,(H,15,17)/p+1/t9-,10-,11-,12-,13-/m1/s1. The van der Waals surface area contributed by atoms with Crippen LogP contribution in [0.5, 0.6) is 0 Å². The van der Waals surface area contributed by atoms with Gasteiger partial charge in [-0.1, -0.05) is 0 Å². The van der Waals surface area contributed by atoms with Crippen molar-refractivity contribution in [2.24, 2.45) is 4.99 Å². The number of hydrogen-bond acceptors (Lipinski definition) is 7. The van der Waals surface area contributed by atoms with Crippen molar-refractivity contribution in [2.45, 2.75) is 55.6 Å². The number of nitrogens with one attached hydrogen (secondary N) is 1. The number of nitrogens with zero attached hydrogens (tertiary/aromatic N) is 1. The van der Waals surface area contributed by atoms with E-state index in [4.69, 9.17) is 9.47 Å². The SMILES string of the molecule is CC[NH2+]C1=N[C@@H]2[C@@H](O)[C@H](O)[C@@H](CNC3CCOCC3)O[C@@H]2S1. The van der Waals surface area contributed by atoms with E-state index in [0.29, 0.717) is 12.6 Å². The second-order valence-corrected chi connectivity index (χ2v) is 7.13. The van der Waals surface area contributed by atoms with Crippen molar-refractivity contribution in [3.05, 3.63) is 0 Å². The lowest BCUT2D eigenvalue weighted by Crippen LogP contribution is -2.86. The largest absolute Gasteiger partial charge is 0.388 e. The summed E-state index contributed by atoms with van der Waals surface area (Å²) in [5.41, 5.74) is -0.197. The molecule has 0 aromatic rings. The minimum Gasteiger partial charge on any atom is -0.388 e. The molecule has 0 saturated carbocycles. The summed E-state index contributed by atoms with van der Waals surface area (Å²) in [5.74, 6) is 0. The van der Waals surface area contributed by atoms with Crippen LogP contribution in [0.15, 0.2) is 4.99 Å². The summed E-state index contributed by atoms with van der Waals surface area (Å²) in [5, 5.41) is 27.0. The van der Waals surface area contributed by atoms with E-state index in [1.54, 1.807) is 11.8 Å². The average molecular weight is 332 g/mol. The zero-order chi connectivity index (χ0) is 15.5. The first-order chi connectivity index (χ1) is 10.7. The number of fused-ring (bicyclic) bond motifs is 1. The second kappa shape index (κ2) is 7.57. The summed E-state index contributed by atoms with van der Waals surface area (Å²) in [6.07, 6.45) is -0.215. The zero-order valence-corrected chi connectivity index (χ0v) is 13.7. The molecule has 5 N–H and O–H groups in total. The minimum atomic E-state index is -0.904. The fraction of sp³-hybridized carbons (Fsp3) is 0.929. The van der Waals surface area contributed by atoms with Gasteiger partial charge in [-0.25, -0.2) is 4.99 Å². The molecule has 3 aliphatic heterocycles. The van der Waals surface area contributed by atoms with Crippen molar-refractivity contribution in [1.29, 1.82) is 0 Å². The molecule has 0 aliphatic carbocycles. The molecule has 8 heteroatoms. The van der Waals surface area contributed by atoms with Crippen molar-refractivity contribution in [2.75, 3.05) is 26.3 Å². The summed E-state index contributed by atoms with van der Waals surface area (Å²) in [7, 11) is 0. The molecule has 7 nitrogen and oxygen atoms in total. The number of nitrogens with two attached hydrogens (primary N) is 1.